The van der Waals surface area contributed by atoms with E-state index in [0.29, 0.717) is 40.2 Å². The van der Waals surface area contributed by atoms with Gasteiger partial charge in [-0.05, 0) is 62.4 Å². The third-order valence-corrected chi connectivity index (χ3v) is 17.6. The van der Waals surface area contributed by atoms with Gasteiger partial charge < -0.3 is 121 Å². The number of nitrogens with one attached hydrogen (secondary N) is 15. The Morgan fingerprint density at radius 1 is 0.504 bits per heavy atom. The molecule has 2 aromatic heterocycles. The number of carbonyl (C=O) groups is 19. The molecule has 42 heteroatoms. The van der Waals surface area contributed by atoms with Gasteiger partial charge >= 0.3 is 29.8 Å². The fourth-order valence-corrected chi connectivity index (χ4v) is 11.7. The van der Waals surface area contributed by atoms with Crippen LogP contribution in [0.1, 0.15) is 128 Å². The zero-order valence-electron chi connectivity index (χ0n) is 61.9. The highest BCUT2D eigenvalue weighted by atomic mass is 16.5. The maximum atomic E-state index is 14.7. The summed E-state index contributed by atoms with van der Waals surface area (Å²) in [6.45, 7) is -2.01. The Morgan fingerprint density at radius 3 is 1.58 bits per heavy atom. The number of carbonyl (C=O) groups excluding carboxylic acids is 15. The number of para-hydroxylation sites is 2. The fourth-order valence-electron chi connectivity index (χ4n) is 11.7. The van der Waals surface area contributed by atoms with E-state index in [1.54, 1.807) is 54.7 Å². The molecule has 42 nitrogen and oxygen atoms in total. The summed E-state index contributed by atoms with van der Waals surface area (Å²) in [4.78, 5) is 264. The number of aromatic amines is 2. The van der Waals surface area contributed by atoms with Crippen molar-refractivity contribution in [2.24, 2.45) is 11.5 Å². The summed E-state index contributed by atoms with van der Waals surface area (Å²) in [7, 11) is 0. The molecule has 14 amide bonds. The van der Waals surface area contributed by atoms with Gasteiger partial charge in [-0.25, -0.2) is 4.79 Å². The number of unbranched alkanes of at least 4 members (excludes halogenated alkanes) is 6. The number of aliphatic hydroxyl groups is 1. The van der Waals surface area contributed by atoms with Gasteiger partial charge in [-0.1, -0.05) is 81.8 Å². The molecule has 0 spiro atoms. The zero-order chi connectivity index (χ0) is 83.4. The van der Waals surface area contributed by atoms with Crippen molar-refractivity contribution in [2.75, 3.05) is 32.8 Å². The Hall–Kier alpha value is -12.6. The minimum atomic E-state index is -2.32. The lowest BCUT2D eigenvalue weighted by Crippen LogP contribution is -2.60. The van der Waals surface area contributed by atoms with Gasteiger partial charge in [0.25, 0.3) is 0 Å². The number of cyclic esters (lactones) is 1. The third-order valence-electron chi connectivity index (χ3n) is 17.6. The predicted octanol–water partition coefficient (Wildman–Crippen LogP) is -5.39. The fraction of sp³-hybridized carbons (Fsp3) is 0.507. The molecule has 3 heterocycles. The van der Waals surface area contributed by atoms with E-state index >= 15 is 0 Å². The number of aliphatic carboxylic acids is 4. The lowest BCUT2D eigenvalue weighted by Gasteiger charge is -2.26. The maximum absolute atomic E-state index is 14.7. The smallest absolute Gasteiger partial charge is 0.329 e. The lowest BCUT2D eigenvalue weighted by atomic mass is 10.0. The van der Waals surface area contributed by atoms with Crippen molar-refractivity contribution in [3.05, 3.63) is 72.1 Å². The van der Waals surface area contributed by atoms with Crippen LogP contribution >= 0.6 is 0 Å². The Balaban J connectivity index is 1.56. The van der Waals surface area contributed by atoms with Gasteiger partial charge in [0.15, 0.2) is 0 Å². The first kappa shape index (κ1) is 91.0. The van der Waals surface area contributed by atoms with Crippen molar-refractivity contribution in [1.29, 1.82) is 0 Å². The van der Waals surface area contributed by atoms with Gasteiger partial charge in [0, 0.05) is 59.9 Å². The quantitative estimate of drug-likeness (QED) is 0.0153. The van der Waals surface area contributed by atoms with Crippen LogP contribution in [-0.2, 0) is 109 Å². The normalized spacial score (nSPS) is 20.5. The van der Waals surface area contributed by atoms with Crippen molar-refractivity contribution in [2.45, 2.75) is 196 Å². The van der Waals surface area contributed by atoms with Crippen LogP contribution < -0.4 is 80.6 Å². The Kier molecular flexibility index (Phi) is 37.1. The molecule has 1 aliphatic rings. The van der Waals surface area contributed by atoms with E-state index in [0.717, 1.165) is 39.0 Å². The summed E-state index contributed by atoms with van der Waals surface area (Å²) in [6.07, 6.45) is 1.51. The molecule has 0 radical (unpaired) electrons. The number of aliphatic hydroxyl groups excluding tert-OH is 1. The first-order valence-electron chi connectivity index (χ1n) is 36.3. The summed E-state index contributed by atoms with van der Waals surface area (Å²) >= 11 is 0. The number of primary amides is 1. The molecule has 5 rings (SSSR count). The number of ether oxygens (including phenoxy) is 1. The summed E-state index contributed by atoms with van der Waals surface area (Å²) < 4.78 is 5.61. The van der Waals surface area contributed by atoms with Crippen molar-refractivity contribution in [1.82, 2.24) is 79.1 Å². The molecular formula is C71H97N17O25. The average Bonchev–Trinajstić information content (AvgIpc) is 1.70. The first-order chi connectivity index (χ1) is 53.7. The number of esters is 1. The Labute approximate surface area is 644 Å². The van der Waals surface area contributed by atoms with E-state index in [-0.39, 0.29) is 37.8 Å². The molecule has 2 aromatic carbocycles. The zero-order valence-corrected chi connectivity index (χ0v) is 61.9. The average molecular weight is 1590 g/mol. The number of benzene rings is 2. The second-order valence-electron chi connectivity index (χ2n) is 26.6. The van der Waals surface area contributed by atoms with Crippen LogP contribution in [-0.4, -0.2) is 247 Å². The number of rotatable bonds is 34. The number of H-pyrrole nitrogens is 2. The van der Waals surface area contributed by atoms with Gasteiger partial charge in [-0.2, -0.15) is 0 Å². The minimum absolute atomic E-state index is 0.00117. The molecule has 0 aliphatic carbocycles. The van der Waals surface area contributed by atoms with Crippen molar-refractivity contribution in [3.63, 3.8) is 0 Å². The molecule has 11 atom stereocenters. The standard InChI is InChI=1S/C71H97N17O25/c1-3-4-5-6-7-8-9-20-54(91)80-45(24-37-30-74-41-17-12-10-15-39(37)41)67(108)84-46(26-53(73)90)68(109)86-49(29-60(100)101)69(110)88-52-35-113-71(112)50(25-38-31-75-42-18-13-11-16-40(38)42)87-65(106)44(21-22-57(94)95)82-70(111)51(34-89)81-56(93)33-76-62(103)47(27-58(96)97)83-61(102)36(2)78-66(107)48(28-59(98)99)85-64(105)43(19-14-23-72)79-55(92)32-77-63(52)104/h10-13,15-18,30-31,36,43-52,74-75,89H,3-9,14,19-29,32-35,72H2,1-2H3,(H2,73,90)(H,76,103)(H,77,104)(H,78,107)(H,79,92)(H,80,91)(H,81,93)(H,82,111)(H,83,102)(H,84,108)(H,85,105)(H,86,109)(H,87,106)(H,88,110)(H,94,95)(H,96,97)(H,98,99)(H,100,101)/t36-,43+,44+,45+,46+,47+,48+,49+,50+,51-,52+/m1/s1. The molecule has 0 bridgehead atoms. The van der Waals surface area contributed by atoms with Crippen molar-refractivity contribution >= 4 is 134 Å². The molecule has 113 heavy (non-hydrogen) atoms. The number of aromatic nitrogens is 2. The Morgan fingerprint density at radius 2 is 1.00 bits per heavy atom. The SMILES string of the molecule is CCCCCCCCCC(=O)N[C@@H](Cc1c[nH]c2ccccc12)C(=O)N[C@@H](CC(N)=O)C(=O)N[C@@H](CC(=O)O)C(=O)N[C@H]1COC(=O)[C@H](Cc2c[nH]c3ccccc23)NC(=O)[C@H](CCC(=O)O)NC(=O)[C@@H](CO)NC(=O)CNC(=O)[C@H](CC(=O)O)NC(=O)[C@@H](C)NC(=O)[C@H](CC(=O)O)NC(=O)[C@H](CCCN)NC(=O)CNC1=O. The maximum Gasteiger partial charge on any atom is 0.329 e. The van der Waals surface area contributed by atoms with E-state index < -0.39 is 250 Å². The number of amides is 14. The van der Waals surface area contributed by atoms with Gasteiger partial charge in [0.1, 0.15) is 73.1 Å². The summed E-state index contributed by atoms with van der Waals surface area (Å²) in [5.74, 6) is -26.1. The topological polar surface area (TPSA) is 675 Å². The van der Waals surface area contributed by atoms with Crippen LogP contribution in [0.25, 0.3) is 21.8 Å². The van der Waals surface area contributed by atoms with E-state index in [1.165, 1.54) is 6.20 Å². The van der Waals surface area contributed by atoms with Crippen LogP contribution in [0, 0.1) is 0 Å². The van der Waals surface area contributed by atoms with E-state index in [4.69, 9.17) is 16.2 Å². The molecule has 1 saturated heterocycles. The largest absolute Gasteiger partial charge is 0.481 e. The molecular weight excluding hydrogens is 1490 g/mol. The second kappa shape index (κ2) is 46.1. The van der Waals surface area contributed by atoms with Crippen molar-refractivity contribution < 1.29 is 121 Å². The molecule has 24 N–H and O–H groups in total. The molecule has 4 aromatic rings. The molecule has 0 saturated carbocycles. The Bertz CT molecular complexity index is 4110. The number of fused-ring (bicyclic) bond motifs is 2. The molecule has 616 valence electrons. The van der Waals surface area contributed by atoms with Gasteiger partial charge in [-0.15, -0.1) is 0 Å². The number of hydrogen-bond acceptors (Lipinski definition) is 22. The summed E-state index contributed by atoms with van der Waals surface area (Å²) in [6, 6.07) is -8.27. The highest BCUT2D eigenvalue weighted by Crippen LogP contribution is 2.22. The number of carboxylic acids is 4. The van der Waals surface area contributed by atoms with E-state index in [9.17, 15) is 117 Å². The first-order valence-corrected chi connectivity index (χ1v) is 36.3. The van der Waals surface area contributed by atoms with E-state index in [1.807, 2.05) is 16.0 Å². The van der Waals surface area contributed by atoms with Gasteiger partial charge in [-0.3, -0.25) is 86.3 Å². The lowest BCUT2D eigenvalue weighted by molar-refractivity contribution is -0.151. The molecule has 1 fully saturated rings. The van der Waals surface area contributed by atoms with Gasteiger partial charge in [0.2, 0.25) is 82.7 Å². The number of nitrogens with two attached hydrogens (primary N) is 2. The summed E-state index contributed by atoms with van der Waals surface area (Å²) in [5.41, 5.74) is 13.2. The number of carboxylic acid groups (broad SMARTS) is 4. The van der Waals surface area contributed by atoms with Gasteiger partial charge in [0.05, 0.1) is 45.4 Å². The second-order valence-corrected chi connectivity index (χ2v) is 26.6. The predicted molar refractivity (Wildman–Crippen MR) is 393 cm³/mol. The highest BCUT2D eigenvalue weighted by Gasteiger charge is 2.38. The van der Waals surface area contributed by atoms with Crippen LogP contribution in [0.2, 0.25) is 0 Å². The monoisotopic (exact) mass is 1590 g/mol. The number of hydrogen-bond donors (Lipinski definition) is 22. The van der Waals surface area contributed by atoms with Crippen LogP contribution in [0.15, 0.2) is 60.9 Å². The van der Waals surface area contributed by atoms with Crippen LogP contribution in [0.5, 0.6) is 0 Å². The van der Waals surface area contributed by atoms with Crippen LogP contribution in [0.3, 0.4) is 0 Å². The third kappa shape index (κ3) is 31.0. The van der Waals surface area contributed by atoms with Crippen molar-refractivity contribution in [3.8, 4) is 0 Å². The molecule has 0 unspecified atom stereocenters. The summed E-state index contributed by atoms with van der Waals surface area (Å²) in [5, 5.41) is 79.3. The highest BCUT2D eigenvalue weighted by molar-refractivity contribution is 6.02. The minimum Gasteiger partial charge on any atom is -0.481 e. The molecule has 1 aliphatic heterocycles. The van der Waals surface area contributed by atoms with E-state index in [2.05, 4.69) is 70.1 Å². The van der Waals surface area contributed by atoms with Crippen LogP contribution in [0.4, 0.5) is 0 Å².